The van der Waals surface area contributed by atoms with Crippen molar-refractivity contribution in [1.29, 1.82) is 0 Å². The number of rotatable bonds is 36. The van der Waals surface area contributed by atoms with Crippen LogP contribution in [0.25, 0.3) is 0 Å². The van der Waals surface area contributed by atoms with E-state index in [-0.39, 0.29) is 25.2 Å². The summed E-state index contributed by atoms with van der Waals surface area (Å²) in [4.78, 5) is 23.9. The quantitative estimate of drug-likeness (QED) is 0.0411. The van der Waals surface area contributed by atoms with Gasteiger partial charge in [-0.05, 0) is 70.6 Å². The average Bonchev–Trinajstić information content (AvgIpc) is 3.07. The number of aliphatic hydroxyl groups excluding tert-OH is 1. The second-order valence-electron chi connectivity index (χ2n) is 13.4. The number of hydrogen-bond acceptors (Lipinski definition) is 5. The van der Waals surface area contributed by atoms with Gasteiger partial charge in [-0.3, -0.25) is 9.59 Å². The Balaban J connectivity index is 3.46. The molecule has 274 valence electrons. The van der Waals surface area contributed by atoms with Crippen LogP contribution in [0.2, 0.25) is 0 Å². The van der Waals surface area contributed by atoms with Crippen LogP contribution in [-0.2, 0) is 19.1 Å². The second kappa shape index (κ2) is 38.6. The minimum absolute atomic E-state index is 0.122. The fourth-order valence-electron chi connectivity index (χ4n) is 5.52. The molecule has 0 rings (SSSR count). The predicted molar refractivity (Wildman–Crippen MR) is 201 cm³/mol. The minimum Gasteiger partial charge on any atom is -0.463 e. The van der Waals surface area contributed by atoms with Crippen molar-refractivity contribution in [2.45, 2.75) is 206 Å². The topological polar surface area (TPSA) is 72.8 Å². The summed E-state index contributed by atoms with van der Waals surface area (Å²) in [5.74, 6) is -0.583. The minimum atomic E-state index is -0.970. The van der Waals surface area contributed by atoms with E-state index in [1.54, 1.807) is 0 Å². The molecule has 5 nitrogen and oxygen atoms in total. The smallest absolute Gasteiger partial charge is 0.305 e. The number of esters is 2. The van der Waals surface area contributed by atoms with Crippen LogP contribution in [0, 0.1) is 0 Å². The van der Waals surface area contributed by atoms with Crippen molar-refractivity contribution in [2.24, 2.45) is 0 Å². The number of aliphatic hydroxyl groups is 1. The second-order valence-corrected chi connectivity index (χ2v) is 13.4. The monoisotopic (exact) mass is 661 g/mol. The van der Waals surface area contributed by atoms with E-state index in [9.17, 15) is 14.7 Å². The zero-order valence-corrected chi connectivity index (χ0v) is 31.0. The molecule has 0 aromatic carbocycles. The van der Waals surface area contributed by atoms with Crippen molar-refractivity contribution in [2.75, 3.05) is 13.2 Å². The van der Waals surface area contributed by atoms with Crippen molar-refractivity contribution >= 4 is 11.9 Å². The number of carbonyl (C=O) groups excluding carboxylic acids is 2. The van der Waals surface area contributed by atoms with E-state index in [1.807, 2.05) is 0 Å². The summed E-state index contributed by atoms with van der Waals surface area (Å²) in [5.41, 5.74) is 0. The highest BCUT2D eigenvalue weighted by Crippen LogP contribution is 2.12. The fraction of sp³-hybridized carbons (Fsp3) is 0.810. The first kappa shape index (κ1) is 45.1. The lowest BCUT2D eigenvalue weighted by atomic mass is 10.1. The van der Waals surface area contributed by atoms with Crippen molar-refractivity contribution in [3.05, 3.63) is 36.5 Å². The van der Waals surface area contributed by atoms with Crippen LogP contribution in [-0.4, -0.2) is 36.4 Å². The summed E-state index contributed by atoms with van der Waals surface area (Å²) in [6.07, 6.45) is 46.2. The number of hydrogen-bond donors (Lipinski definition) is 1. The molecule has 0 radical (unpaired) electrons. The first-order valence-corrected chi connectivity index (χ1v) is 20.0. The van der Waals surface area contributed by atoms with E-state index >= 15 is 0 Å². The van der Waals surface area contributed by atoms with Crippen molar-refractivity contribution in [3.8, 4) is 0 Å². The van der Waals surface area contributed by atoms with E-state index in [4.69, 9.17) is 9.47 Å². The molecule has 1 N–H and O–H groups in total. The Hall–Kier alpha value is -1.88. The third-order valence-corrected chi connectivity index (χ3v) is 8.60. The Morgan fingerprint density at radius 2 is 0.745 bits per heavy atom. The van der Waals surface area contributed by atoms with Crippen LogP contribution in [0.4, 0.5) is 0 Å². The summed E-state index contributed by atoms with van der Waals surface area (Å²) in [5, 5.41) is 10.0. The van der Waals surface area contributed by atoms with E-state index in [2.05, 4.69) is 50.3 Å². The fourth-order valence-corrected chi connectivity index (χ4v) is 5.52. The van der Waals surface area contributed by atoms with Gasteiger partial charge in [0.05, 0.1) is 0 Å². The third kappa shape index (κ3) is 38.4. The molecule has 0 bridgehead atoms. The third-order valence-electron chi connectivity index (χ3n) is 8.60. The largest absolute Gasteiger partial charge is 0.463 e. The molecule has 0 aromatic heterocycles. The van der Waals surface area contributed by atoms with Crippen LogP contribution >= 0.6 is 0 Å². The molecule has 0 heterocycles. The van der Waals surface area contributed by atoms with Gasteiger partial charge < -0.3 is 14.6 Å². The molecule has 0 fully saturated rings. The Morgan fingerprint density at radius 1 is 0.447 bits per heavy atom. The highest BCUT2D eigenvalue weighted by Gasteiger charge is 2.12. The highest BCUT2D eigenvalue weighted by atomic mass is 16.6. The molecule has 0 aliphatic rings. The lowest BCUT2D eigenvalue weighted by molar-refractivity contribution is -0.152. The van der Waals surface area contributed by atoms with Gasteiger partial charge in [0.25, 0.3) is 0 Å². The molecule has 0 amide bonds. The lowest BCUT2D eigenvalue weighted by Crippen LogP contribution is -2.25. The predicted octanol–water partition coefficient (Wildman–Crippen LogP) is 12.5. The van der Waals surface area contributed by atoms with Crippen molar-refractivity contribution < 1.29 is 24.2 Å². The Labute approximate surface area is 291 Å². The van der Waals surface area contributed by atoms with Crippen molar-refractivity contribution in [3.63, 3.8) is 0 Å². The van der Waals surface area contributed by atoms with Gasteiger partial charge in [0.15, 0.2) is 0 Å². The molecule has 0 unspecified atom stereocenters. The van der Waals surface area contributed by atoms with Gasteiger partial charge in [-0.1, -0.05) is 153 Å². The standard InChI is InChI=1S/C42H76O5/c1-3-5-7-9-11-13-15-17-19-21-23-25-27-29-31-33-35-37-42(45)47-39-40(43)38-46-41(44)36-34-32-30-28-26-24-22-20-18-16-14-12-10-8-6-4-2/h14,16-17,19-20,22,40,43H,3-13,15,18,21,23-39H2,1-2H3/b16-14-,19-17-,22-20-/t40-/m0/s1. The van der Waals surface area contributed by atoms with E-state index in [1.165, 1.54) is 122 Å². The van der Waals surface area contributed by atoms with Crippen molar-refractivity contribution in [1.82, 2.24) is 0 Å². The molecule has 47 heavy (non-hydrogen) atoms. The SMILES string of the molecule is CCCCCC/C=C\C/C=C\CCCCCCCC(=O)OC[C@H](O)COC(=O)CCCCCCCCC/C=C\CCCCCCCC. The summed E-state index contributed by atoms with van der Waals surface area (Å²) in [6, 6.07) is 0. The Kier molecular flexibility index (Phi) is 37.0. The van der Waals surface area contributed by atoms with Gasteiger partial charge in [-0.15, -0.1) is 0 Å². The zero-order valence-electron chi connectivity index (χ0n) is 31.0. The molecule has 0 spiro atoms. The molecular weight excluding hydrogens is 584 g/mol. The van der Waals surface area contributed by atoms with Crippen LogP contribution in [0.3, 0.4) is 0 Å². The molecule has 0 aliphatic carbocycles. The molecular formula is C42H76O5. The average molecular weight is 661 g/mol. The molecule has 0 saturated carbocycles. The Bertz CT molecular complexity index is 756. The molecule has 1 atom stereocenters. The van der Waals surface area contributed by atoms with Gasteiger partial charge in [-0.2, -0.15) is 0 Å². The van der Waals surface area contributed by atoms with Crippen LogP contribution in [0.5, 0.6) is 0 Å². The zero-order chi connectivity index (χ0) is 34.3. The number of unbranched alkanes of at least 4 members (excludes halogenated alkanes) is 22. The number of allylic oxidation sites excluding steroid dienone is 6. The van der Waals surface area contributed by atoms with Gasteiger partial charge in [0, 0.05) is 12.8 Å². The number of ether oxygens (including phenoxy) is 2. The summed E-state index contributed by atoms with van der Waals surface area (Å²) < 4.78 is 10.3. The maximum absolute atomic E-state index is 12.0. The summed E-state index contributed by atoms with van der Waals surface area (Å²) in [7, 11) is 0. The number of carbonyl (C=O) groups is 2. The van der Waals surface area contributed by atoms with Crippen LogP contribution in [0.1, 0.15) is 200 Å². The first-order chi connectivity index (χ1) is 23.1. The maximum Gasteiger partial charge on any atom is 0.305 e. The molecule has 0 saturated heterocycles. The van der Waals surface area contributed by atoms with Gasteiger partial charge in [0.1, 0.15) is 19.3 Å². The normalized spacial score (nSPS) is 12.5. The van der Waals surface area contributed by atoms with E-state index < -0.39 is 6.10 Å². The van der Waals surface area contributed by atoms with E-state index in [0.29, 0.717) is 12.8 Å². The summed E-state index contributed by atoms with van der Waals surface area (Å²) in [6.45, 7) is 4.27. The molecule has 5 heteroatoms. The van der Waals surface area contributed by atoms with Crippen LogP contribution in [0.15, 0.2) is 36.5 Å². The highest BCUT2D eigenvalue weighted by molar-refractivity contribution is 5.69. The lowest BCUT2D eigenvalue weighted by Gasteiger charge is -2.12. The maximum atomic E-state index is 12.0. The van der Waals surface area contributed by atoms with Gasteiger partial charge in [0.2, 0.25) is 0 Å². The van der Waals surface area contributed by atoms with Gasteiger partial charge >= 0.3 is 11.9 Å². The first-order valence-electron chi connectivity index (χ1n) is 20.0. The van der Waals surface area contributed by atoms with Crippen LogP contribution < -0.4 is 0 Å². The van der Waals surface area contributed by atoms with E-state index in [0.717, 1.165) is 51.4 Å². The van der Waals surface area contributed by atoms with Gasteiger partial charge in [-0.25, -0.2) is 0 Å². The molecule has 0 aromatic rings. The summed E-state index contributed by atoms with van der Waals surface area (Å²) >= 11 is 0. The Morgan fingerprint density at radius 3 is 1.13 bits per heavy atom. The molecule has 0 aliphatic heterocycles.